The van der Waals surface area contributed by atoms with Gasteiger partial charge in [-0.15, -0.1) is 0 Å². The second-order valence-electron chi connectivity index (χ2n) is 7.14. The van der Waals surface area contributed by atoms with Crippen LogP contribution in [0.25, 0.3) is 0 Å². The zero-order valence-electron chi connectivity index (χ0n) is 15.0. The molecule has 0 spiro atoms. The fraction of sp³-hybridized carbons (Fsp3) is 1.00. The zero-order valence-corrected chi connectivity index (χ0v) is 15.0. The summed E-state index contributed by atoms with van der Waals surface area (Å²) in [5, 5.41) is 3.75. The SMILES string of the molecule is CCCC1CN(CCOCCC(C)C)C(C(C)CC)CN1. The van der Waals surface area contributed by atoms with E-state index in [1.54, 1.807) is 0 Å². The predicted molar refractivity (Wildman–Crippen MR) is 91.8 cm³/mol. The van der Waals surface area contributed by atoms with Crippen molar-refractivity contribution in [3.63, 3.8) is 0 Å². The number of rotatable bonds is 10. The van der Waals surface area contributed by atoms with Crippen LogP contribution < -0.4 is 5.32 Å². The minimum absolute atomic E-state index is 0.672. The molecule has 126 valence electrons. The number of hydrogen-bond donors (Lipinski definition) is 1. The molecule has 1 aliphatic rings. The van der Waals surface area contributed by atoms with Crippen LogP contribution >= 0.6 is 0 Å². The molecule has 0 bridgehead atoms. The smallest absolute Gasteiger partial charge is 0.0593 e. The quantitative estimate of drug-likeness (QED) is 0.624. The molecule has 1 fully saturated rings. The molecule has 3 unspecified atom stereocenters. The molecule has 1 saturated heterocycles. The summed E-state index contributed by atoms with van der Waals surface area (Å²) in [4.78, 5) is 2.68. The van der Waals surface area contributed by atoms with Crippen LogP contribution in [0.2, 0.25) is 0 Å². The number of nitrogens with one attached hydrogen (secondary N) is 1. The average Bonchev–Trinajstić information content (AvgIpc) is 2.46. The van der Waals surface area contributed by atoms with E-state index in [0.717, 1.165) is 38.1 Å². The third-order valence-electron chi connectivity index (χ3n) is 4.84. The first kappa shape index (κ1) is 18.9. The normalized spacial score (nSPS) is 25.4. The Labute approximate surface area is 132 Å². The Morgan fingerprint density at radius 2 is 1.95 bits per heavy atom. The van der Waals surface area contributed by atoms with Crippen molar-refractivity contribution >= 4 is 0 Å². The standard InChI is InChI=1S/C18H38N2O/c1-6-8-17-14-20(10-12-21-11-9-15(3)4)18(13-19-17)16(5)7-2/h15-19H,6-14H2,1-5H3. The second kappa shape index (κ2) is 10.6. The molecule has 1 rings (SSSR count). The molecular weight excluding hydrogens is 260 g/mol. The molecule has 1 N–H and O–H groups in total. The van der Waals surface area contributed by atoms with Crippen molar-refractivity contribution in [2.75, 3.05) is 32.8 Å². The third-order valence-corrected chi connectivity index (χ3v) is 4.84. The summed E-state index contributed by atoms with van der Waals surface area (Å²) >= 11 is 0. The van der Waals surface area contributed by atoms with Crippen LogP contribution in [-0.4, -0.2) is 49.8 Å². The molecule has 1 aliphatic heterocycles. The lowest BCUT2D eigenvalue weighted by Crippen LogP contribution is -2.59. The number of nitrogens with zero attached hydrogens (tertiary/aromatic N) is 1. The molecule has 3 nitrogen and oxygen atoms in total. The Hall–Kier alpha value is -0.120. The van der Waals surface area contributed by atoms with Gasteiger partial charge in [-0.1, -0.05) is 47.5 Å². The Bertz CT molecular complexity index is 258. The molecule has 3 atom stereocenters. The summed E-state index contributed by atoms with van der Waals surface area (Å²) < 4.78 is 5.84. The van der Waals surface area contributed by atoms with Crippen LogP contribution in [0.4, 0.5) is 0 Å². The second-order valence-corrected chi connectivity index (χ2v) is 7.14. The summed E-state index contributed by atoms with van der Waals surface area (Å²) in [6.45, 7) is 16.7. The highest BCUT2D eigenvalue weighted by molar-refractivity contribution is 4.88. The number of ether oxygens (including phenoxy) is 1. The third kappa shape index (κ3) is 7.12. The summed E-state index contributed by atoms with van der Waals surface area (Å²) in [5.41, 5.74) is 0. The molecule has 0 amide bonds. The van der Waals surface area contributed by atoms with Crippen molar-refractivity contribution in [1.29, 1.82) is 0 Å². The molecule has 0 saturated carbocycles. The summed E-state index contributed by atoms with van der Waals surface area (Å²) in [6.07, 6.45) is 4.99. The van der Waals surface area contributed by atoms with Crippen molar-refractivity contribution in [3.05, 3.63) is 0 Å². The van der Waals surface area contributed by atoms with Crippen molar-refractivity contribution in [3.8, 4) is 0 Å². The van der Waals surface area contributed by atoms with E-state index in [1.165, 1.54) is 32.2 Å². The lowest BCUT2D eigenvalue weighted by molar-refractivity contribution is 0.0428. The van der Waals surface area contributed by atoms with E-state index >= 15 is 0 Å². The maximum atomic E-state index is 5.84. The van der Waals surface area contributed by atoms with Gasteiger partial charge in [0, 0.05) is 38.3 Å². The highest BCUT2D eigenvalue weighted by Gasteiger charge is 2.29. The first-order valence-electron chi connectivity index (χ1n) is 9.13. The van der Waals surface area contributed by atoms with Crippen LogP contribution in [0.3, 0.4) is 0 Å². The monoisotopic (exact) mass is 298 g/mol. The van der Waals surface area contributed by atoms with E-state index in [9.17, 15) is 0 Å². The highest BCUT2D eigenvalue weighted by Crippen LogP contribution is 2.19. The van der Waals surface area contributed by atoms with Gasteiger partial charge in [0.2, 0.25) is 0 Å². The first-order chi connectivity index (χ1) is 10.1. The molecule has 0 aromatic heterocycles. The van der Waals surface area contributed by atoms with E-state index in [4.69, 9.17) is 4.74 Å². The van der Waals surface area contributed by atoms with Crippen LogP contribution in [0.15, 0.2) is 0 Å². The molecule has 0 aromatic carbocycles. The topological polar surface area (TPSA) is 24.5 Å². The van der Waals surface area contributed by atoms with Gasteiger partial charge >= 0.3 is 0 Å². The van der Waals surface area contributed by atoms with E-state index in [-0.39, 0.29) is 0 Å². The van der Waals surface area contributed by atoms with Gasteiger partial charge in [0.05, 0.1) is 6.61 Å². The molecule has 21 heavy (non-hydrogen) atoms. The van der Waals surface area contributed by atoms with Crippen molar-refractivity contribution in [1.82, 2.24) is 10.2 Å². The fourth-order valence-corrected chi connectivity index (χ4v) is 3.13. The lowest BCUT2D eigenvalue weighted by Gasteiger charge is -2.43. The van der Waals surface area contributed by atoms with Crippen molar-refractivity contribution < 1.29 is 4.74 Å². The van der Waals surface area contributed by atoms with Crippen LogP contribution in [-0.2, 0) is 4.74 Å². The van der Waals surface area contributed by atoms with Gasteiger partial charge in [0.15, 0.2) is 0 Å². The van der Waals surface area contributed by atoms with Crippen molar-refractivity contribution in [2.45, 2.75) is 72.4 Å². The fourth-order valence-electron chi connectivity index (χ4n) is 3.13. The average molecular weight is 299 g/mol. The van der Waals surface area contributed by atoms with E-state index in [0.29, 0.717) is 12.1 Å². The Kier molecular flexibility index (Phi) is 9.54. The van der Waals surface area contributed by atoms with E-state index < -0.39 is 0 Å². The van der Waals surface area contributed by atoms with Crippen molar-refractivity contribution in [2.24, 2.45) is 11.8 Å². The minimum atomic E-state index is 0.672. The lowest BCUT2D eigenvalue weighted by atomic mass is 9.93. The van der Waals surface area contributed by atoms with Gasteiger partial charge in [-0.25, -0.2) is 0 Å². The molecule has 0 aromatic rings. The Morgan fingerprint density at radius 1 is 1.19 bits per heavy atom. The van der Waals surface area contributed by atoms with Gasteiger partial charge in [0.1, 0.15) is 0 Å². The molecule has 0 radical (unpaired) electrons. The van der Waals surface area contributed by atoms with Gasteiger partial charge in [-0.05, 0) is 24.7 Å². The zero-order chi connectivity index (χ0) is 15.7. The molecular formula is C18H38N2O. The Morgan fingerprint density at radius 3 is 2.57 bits per heavy atom. The molecule has 3 heteroatoms. The maximum absolute atomic E-state index is 5.84. The predicted octanol–water partition coefficient (Wildman–Crippen LogP) is 3.54. The number of piperazine rings is 1. The Balaban J connectivity index is 2.38. The van der Waals surface area contributed by atoms with Gasteiger partial charge in [-0.3, -0.25) is 4.90 Å². The largest absolute Gasteiger partial charge is 0.380 e. The first-order valence-corrected chi connectivity index (χ1v) is 9.13. The van der Waals surface area contributed by atoms with Gasteiger partial charge in [0.25, 0.3) is 0 Å². The summed E-state index contributed by atoms with van der Waals surface area (Å²) in [7, 11) is 0. The van der Waals surface area contributed by atoms with Crippen LogP contribution in [0, 0.1) is 11.8 Å². The van der Waals surface area contributed by atoms with Crippen LogP contribution in [0.1, 0.15) is 60.3 Å². The number of hydrogen-bond acceptors (Lipinski definition) is 3. The maximum Gasteiger partial charge on any atom is 0.0593 e. The van der Waals surface area contributed by atoms with E-state index in [1.807, 2.05) is 0 Å². The molecule has 0 aliphatic carbocycles. The summed E-state index contributed by atoms with van der Waals surface area (Å²) in [6, 6.07) is 1.35. The highest BCUT2D eigenvalue weighted by atomic mass is 16.5. The molecule has 1 heterocycles. The minimum Gasteiger partial charge on any atom is -0.380 e. The summed E-state index contributed by atoms with van der Waals surface area (Å²) in [5.74, 6) is 1.50. The van der Waals surface area contributed by atoms with E-state index in [2.05, 4.69) is 44.8 Å². The van der Waals surface area contributed by atoms with Gasteiger partial charge in [-0.2, -0.15) is 0 Å². The van der Waals surface area contributed by atoms with Crippen LogP contribution in [0.5, 0.6) is 0 Å². The van der Waals surface area contributed by atoms with Gasteiger partial charge < -0.3 is 10.1 Å².